The quantitative estimate of drug-likeness (QED) is 0.580. The molecule has 3 aromatic carbocycles. The van der Waals surface area contributed by atoms with Crippen molar-refractivity contribution in [2.45, 2.75) is 11.7 Å². The van der Waals surface area contributed by atoms with Gasteiger partial charge in [0.1, 0.15) is 5.75 Å². The van der Waals surface area contributed by atoms with Gasteiger partial charge in [-0.1, -0.05) is 72.3 Å². The minimum Gasteiger partial charge on any atom is -0.497 e. The van der Waals surface area contributed by atoms with Crippen molar-refractivity contribution < 1.29 is 14.6 Å². The Labute approximate surface area is 164 Å². The number of carbonyl (C=O) groups is 1. The fraction of sp³-hybridized carbons (Fsp3) is 0.174. The van der Waals surface area contributed by atoms with Gasteiger partial charge in [-0.2, -0.15) is 0 Å². The van der Waals surface area contributed by atoms with E-state index in [1.165, 1.54) is 17.3 Å². The van der Waals surface area contributed by atoms with E-state index in [0.717, 1.165) is 22.4 Å². The number of methoxy groups -OCH3 is 1. The summed E-state index contributed by atoms with van der Waals surface area (Å²) in [4.78, 5) is 11.5. The summed E-state index contributed by atoms with van der Waals surface area (Å²) >= 11 is 1.42. The fourth-order valence-electron chi connectivity index (χ4n) is 3.21. The van der Waals surface area contributed by atoms with Crippen LogP contribution in [0.15, 0.2) is 78.9 Å². The normalized spacial score (nSPS) is 13.0. The summed E-state index contributed by atoms with van der Waals surface area (Å²) in [6.45, 7) is 2.05. The van der Waals surface area contributed by atoms with Gasteiger partial charge in [-0.05, 0) is 35.7 Å². The first-order chi connectivity index (χ1) is 13.1. The first kappa shape index (κ1) is 19.1. The summed E-state index contributed by atoms with van der Waals surface area (Å²) < 4.78 is 4.68. The number of ether oxygens (including phenoxy) is 1. The molecule has 0 aliphatic rings. The van der Waals surface area contributed by atoms with E-state index in [1.54, 1.807) is 7.11 Å². The molecule has 3 nitrogen and oxygen atoms in total. The van der Waals surface area contributed by atoms with Crippen molar-refractivity contribution in [1.29, 1.82) is 0 Å². The smallest absolute Gasteiger partial charge is 0.313 e. The van der Waals surface area contributed by atoms with Crippen molar-refractivity contribution in [3.63, 3.8) is 0 Å². The van der Waals surface area contributed by atoms with Crippen molar-refractivity contribution in [1.82, 2.24) is 0 Å². The molecule has 0 fully saturated rings. The van der Waals surface area contributed by atoms with Crippen molar-refractivity contribution in [3.8, 4) is 5.75 Å². The number of aliphatic carboxylic acids is 1. The van der Waals surface area contributed by atoms with Crippen molar-refractivity contribution in [2.75, 3.05) is 12.9 Å². The molecule has 0 aromatic heterocycles. The highest BCUT2D eigenvalue weighted by Crippen LogP contribution is 2.48. The SMILES string of the molecule is COc1ccc(C(SCC(=O)O)(c2ccccc2)c2ccc(C)cc2)cc1. The maximum absolute atomic E-state index is 11.5. The first-order valence-corrected chi connectivity index (χ1v) is 9.68. The van der Waals surface area contributed by atoms with E-state index in [9.17, 15) is 9.90 Å². The molecule has 0 bridgehead atoms. The first-order valence-electron chi connectivity index (χ1n) is 8.69. The third kappa shape index (κ3) is 4.01. The van der Waals surface area contributed by atoms with Gasteiger partial charge in [0.15, 0.2) is 0 Å². The highest BCUT2D eigenvalue weighted by atomic mass is 32.2. The van der Waals surface area contributed by atoms with E-state index in [1.807, 2.05) is 49.4 Å². The summed E-state index contributed by atoms with van der Waals surface area (Å²) in [7, 11) is 1.64. The molecular weight excluding hydrogens is 356 g/mol. The lowest BCUT2D eigenvalue weighted by Crippen LogP contribution is -2.27. The van der Waals surface area contributed by atoms with Gasteiger partial charge in [-0.25, -0.2) is 0 Å². The average Bonchev–Trinajstić information content (AvgIpc) is 2.70. The Morgan fingerprint density at radius 1 is 0.889 bits per heavy atom. The topological polar surface area (TPSA) is 46.5 Å². The van der Waals surface area contributed by atoms with Crippen molar-refractivity contribution >= 4 is 17.7 Å². The van der Waals surface area contributed by atoms with Crippen LogP contribution in [0.4, 0.5) is 0 Å². The van der Waals surface area contributed by atoms with Crippen LogP contribution >= 0.6 is 11.8 Å². The molecule has 0 aliphatic heterocycles. The maximum Gasteiger partial charge on any atom is 0.313 e. The van der Waals surface area contributed by atoms with Crippen molar-refractivity contribution in [3.05, 3.63) is 101 Å². The van der Waals surface area contributed by atoms with Crippen LogP contribution in [0.2, 0.25) is 0 Å². The third-order valence-electron chi connectivity index (χ3n) is 4.55. The predicted octanol–water partition coefficient (Wildman–Crippen LogP) is 5.11. The molecule has 4 heteroatoms. The van der Waals surface area contributed by atoms with E-state index in [-0.39, 0.29) is 5.75 Å². The number of hydrogen-bond donors (Lipinski definition) is 1. The molecule has 27 heavy (non-hydrogen) atoms. The fourth-order valence-corrected chi connectivity index (χ4v) is 4.46. The average molecular weight is 378 g/mol. The second kappa shape index (κ2) is 8.31. The molecule has 0 saturated carbocycles. The molecule has 3 rings (SSSR count). The molecular formula is C23H22O3S. The molecule has 0 spiro atoms. The lowest BCUT2D eigenvalue weighted by Gasteiger charge is -2.35. The van der Waals surface area contributed by atoms with Crippen LogP contribution in [-0.4, -0.2) is 23.9 Å². The van der Waals surface area contributed by atoms with Gasteiger partial charge in [0.2, 0.25) is 0 Å². The Hall–Kier alpha value is -2.72. The number of carboxylic acids is 1. The zero-order chi connectivity index (χ0) is 19.3. The molecule has 138 valence electrons. The Balaban J connectivity index is 2.25. The monoisotopic (exact) mass is 378 g/mol. The lowest BCUT2D eigenvalue weighted by atomic mass is 9.83. The summed E-state index contributed by atoms with van der Waals surface area (Å²) in [6.07, 6.45) is 0. The zero-order valence-electron chi connectivity index (χ0n) is 15.4. The number of rotatable bonds is 7. The van der Waals surface area contributed by atoms with Crippen LogP contribution in [0.1, 0.15) is 22.3 Å². The van der Waals surface area contributed by atoms with Gasteiger partial charge in [-0.15, -0.1) is 11.8 Å². The van der Waals surface area contributed by atoms with Crippen LogP contribution < -0.4 is 4.74 Å². The molecule has 0 radical (unpaired) electrons. The van der Waals surface area contributed by atoms with E-state index in [4.69, 9.17) is 4.74 Å². The zero-order valence-corrected chi connectivity index (χ0v) is 16.2. The summed E-state index contributed by atoms with van der Waals surface area (Å²) in [5.41, 5.74) is 4.28. The van der Waals surface area contributed by atoms with Gasteiger partial charge in [-0.3, -0.25) is 4.79 Å². The molecule has 1 atom stereocenters. The Kier molecular flexibility index (Phi) is 5.87. The molecule has 1 N–H and O–H groups in total. The predicted molar refractivity (Wildman–Crippen MR) is 111 cm³/mol. The molecule has 0 amide bonds. The molecule has 0 saturated heterocycles. The van der Waals surface area contributed by atoms with E-state index < -0.39 is 10.7 Å². The van der Waals surface area contributed by atoms with E-state index in [2.05, 4.69) is 36.4 Å². The number of thioether (sulfide) groups is 1. The van der Waals surface area contributed by atoms with Crippen LogP contribution in [0.5, 0.6) is 5.75 Å². The summed E-state index contributed by atoms with van der Waals surface area (Å²) in [6, 6.07) is 26.2. The minimum absolute atomic E-state index is 0.00516. The number of hydrogen-bond acceptors (Lipinski definition) is 3. The van der Waals surface area contributed by atoms with Crippen LogP contribution in [-0.2, 0) is 9.54 Å². The number of carboxylic acid groups (broad SMARTS) is 1. The van der Waals surface area contributed by atoms with Gasteiger partial charge >= 0.3 is 5.97 Å². The van der Waals surface area contributed by atoms with Gasteiger partial charge < -0.3 is 9.84 Å². The molecule has 3 aromatic rings. The third-order valence-corrected chi connectivity index (χ3v) is 6.08. The van der Waals surface area contributed by atoms with E-state index in [0.29, 0.717) is 0 Å². The van der Waals surface area contributed by atoms with Crippen LogP contribution in [0, 0.1) is 6.92 Å². The Bertz CT molecular complexity index is 889. The van der Waals surface area contributed by atoms with Gasteiger partial charge in [0, 0.05) is 0 Å². The van der Waals surface area contributed by atoms with Gasteiger partial charge in [0.25, 0.3) is 0 Å². The van der Waals surface area contributed by atoms with Crippen LogP contribution in [0.3, 0.4) is 0 Å². The largest absolute Gasteiger partial charge is 0.497 e. The Morgan fingerprint density at radius 3 is 1.93 bits per heavy atom. The number of benzene rings is 3. The standard InChI is InChI=1S/C23H22O3S/c1-17-8-10-19(11-9-17)23(27-16-22(24)25,18-6-4-3-5-7-18)20-12-14-21(26-2)15-13-20/h3-15H,16H2,1-2H3,(H,24,25). The lowest BCUT2D eigenvalue weighted by molar-refractivity contribution is -0.133. The molecule has 0 aliphatic carbocycles. The van der Waals surface area contributed by atoms with Gasteiger partial charge in [0.05, 0.1) is 17.6 Å². The molecule has 0 heterocycles. The van der Waals surface area contributed by atoms with Crippen molar-refractivity contribution in [2.24, 2.45) is 0 Å². The Morgan fingerprint density at radius 2 is 1.41 bits per heavy atom. The molecule has 1 unspecified atom stereocenters. The van der Waals surface area contributed by atoms with Crippen LogP contribution in [0.25, 0.3) is 0 Å². The minimum atomic E-state index is -0.832. The summed E-state index contributed by atoms with van der Waals surface area (Å²) in [5.74, 6) is -0.0665. The highest BCUT2D eigenvalue weighted by molar-refractivity contribution is 8.01. The second-order valence-corrected chi connectivity index (χ2v) is 7.51. The van der Waals surface area contributed by atoms with E-state index >= 15 is 0 Å². The highest BCUT2D eigenvalue weighted by Gasteiger charge is 2.37. The maximum atomic E-state index is 11.5. The second-order valence-electron chi connectivity index (χ2n) is 6.32. The number of aryl methyl sites for hydroxylation is 1. The summed E-state index contributed by atoms with van der Waals surface area (Å²) in [5, 5.41) is 9.40.